The Labute approximate surface area is 106 Å². The number of aryl methyl sites for hydroxylation is 2. The first-order valence-corrected chi connectivity index (χ1v) is 6.82. The van der Waals surface area contributed by atoms with Crippen LogP contribution < -0.4 is 5.73 Å². The second kappa shape index (κ2) is 4.88. The van der Waals surface area contributed by atoms with Gasteiger partial charge in [0.25, 0.3) is 0 Å². The van der Waals surface area contributed by atoms with Gasteiger partial charge in [-0.05, 0) is 41.6 Å². The Balaban J connectivity index is 2.07. The van der Waals surface area contributed by atoms with Crippen LogP contribution in [0.1, 0.15) is 37.1 Å². The van der Waals surface area contributed by atoms with Crippen LogP contribution in [0.25, 0.3) is 0 Å². The number of rotatable bonds is 3. The zero-order chi connectivity index (χ0) is 11.7. The van der Waals surface area contributed by atoms with E-state index in [1.54, 1.807) is 0 Å². The monoisotopic (exact) mass is 285 g/mol. The second-order valence-electron chi connectivity index (χ2n) is 4.88. The van der Waals surface area contributed by atoms with E-state index in [0.29, 0.717) is 5.92 Å². The molecule has 1 aliphatic rings. The lowest BCUT2D eigenvalue weighted by atomic mass is 9.95. The Morgan fingerprint density at radius 1 is 1.50 bits per heavy atom. The third kappa shape index (κ3) is 2.33. The normalized spacial score (nSPS) is 19.2. The predicted molar refractivity (Wildman–Crippen MR) is 69.3 cm³/mol. The maximum absolute atomic E-state index is 6.30. The first-order chi connectivity index (χ1) is 7.59. The van der Waals surface area contributed by atoms with Crippen LogP contribution >= 0.6 is 15.9 Å². The average Bonchev–Trinajstić information content (AvgIpc) is 2.83. The van der Waals surface area contributed by atoms with E-state index in [1.165, 1.54) is 31.4 Å². The number of nitrogens with two attached hydrogens (primary N) is 1. The lowest BCUT2D eigenvalue weighted by molar-refractivity contribution is 0.421. The first kappa shape index (κ1) is 12.1. The van der Waals surface area contributed by atoms with E-state index in [4.69, 9.17) is 5.73 Å². The molecule has 1 fully saturated rings. The fourth-order valence-electron chi connectivity index (χ4n) is 2.68. The second-order valence-corrected chi connectivity index (χ2v) is 5.68. The molecule has 0 amide bonds. The summed E-state index contributed by atoms with van der Waals surface area (Å²) in [6.07, 6.45) is 6.24. The highest BCUT2D eigenvalue weighted by molar-refractivity contribution is 9.10. The molecule has 1 saturated carbocycles. The Kier molecular flexibility index (Phi) is 3.70. The zero-order valence-electron chi connectivity index (χ0n) is 10.0. The van der Waals surface area contributed by atoms with Gasteiger partial charge in [-0.1, -0.05) is 12.8 Å². The molecule has 90 valence electrons. The van der Waals surface area contributed by atoms with E-state index in [1.807, 2.05) is 18.7 Å². The van der Waals surface area contributed by atoms with Gasteiger partial charge in [0.05, 0.1) is 15.9 Å². The molecular formula is C12H20BrN3. The van der Waals surface area contributed by atoms with Crippen molar-refractivity contribution in [3.63, 3.8) is 0 Å². The van der Waals surface area contributed by atoms with Gasteiger partial charge in [0.15, 0.2) is 0 Å². The molecule has 0 aromatic carbocycles. The van der Waals surface area contributed by atoms with Crippen LogP contribution in [-0.4, -0.2) is 15.8 Å². The van der Waals surface area contributed by atoms with Crippen molar-refractivity contribution in [2.75, 3.05) is 0 Å². The number of aromatic nitrogens is 2. The molecular weight excluding hydrogens is 266 g/mol. The number of nitrogens with zero attached hydrogens (tertiary/aromatic N) is 2. The molecule has 1 atom stereocenters. The number of hydrogen-bond acceptors (Lipinski definition) is 2. The van der Waals surface area contributed by atoms with E-state index in [2.05, 4.69) is 21.0 Å². The maximum atomic E-state index is 6.30. The van der Waals surface area contributed by atoms with Gasteiger partial charge in [0.1, 0.15) is 0 Å². The summed E-state index contributed by atoms with van der Waals surface area (Å²) in [5.41, 5.74) is 8.58. The van der Waals surface area contributed by atoms with E-state index >= 15 is 0 Å². The predicted octanol–water partition coefficient (Wildman–Crippen LogP) is 2.55. The van der Waals surface area contributed by atoms with Gasteiger partial charge in [-0.15, -0.1) is 0 Å². The lowest BCUT2D eigenvalue weighted by Crippen LogP contribution is -2.31. The van der Waals surface area contributed by atoms with Crippen molar-refractivity contribution in [3.8, 4) is 0 Å². The van der Waals surface area contributed by atoms with Gasteiger partial charge >= 0.3 is 0 Å². The van der Waals surface area contributed by atoms with Crippen molar-refractivity contribution in [1.29, 1.82) is 0 Å². The van der Waals surface area contributed by atoms with E-state index in [0.717, 1.165) is 16.6 Å². The van der Waals surface area contributed by atoms with Crippen LogP contribution in [-0.2, 0) is 13.5 Å². The molecule has 1 aromatic rings. The maximum Gasteiger partial charge on any atom is 0.0738 e. The molecule has 2 rings (SSSR count). The molecule has 1 unspecified atom stereocenters. The third-order valence-corrected chi connectivity index (χ3v) is 4.73. The highest BCUT2D eigenvalue weighted by Crippen LogP contribution is 2.30. The van der Waals surface area contributed by atoms with Gasteiger partial charge in [0.2, 0.25) is 0 Å². The van der Waals surface area contributed by atoms with E-state index in [9.17, 15) is 0 Å². The fourth-order valence-corrected chi connectivity index (χ4v) is 3.18. The van der Waals surface area contributed by atoms with Gasteiger partial charge in [0, 0.05) is 19.5 Å². The molecule has 1 heterocycles. The summed E-state index contributed by atoms with van der Waals surface area (Å²) in [4.78, 5) is 0. The Morgan fingerprint density at radius 3 is 2.62 bits per heavy atom. The van der Waals surface area contributed by atoms with Crippen molar-refractivity contribution in [2.24, 2.45) is 18.7 Å². The first-order valence-electron chi connectivity index (χ1n) is 6.03. The molecule has 0 radical (unpaired) electrons. The molecule has 0 spiro atoms. The zero-order valence-corrected chi connectivity index (χ0v) is 11.6. The van der Waals surface area contributed by atoms with Crippen LogP contribution in [0.15, 0.2) is 4.47 Å². The molecule has 16 heavy (non-hydrogen) atoms. The van der Waals surface area contributed by atoms with Crippen molar-refractivity contribution >= 4 is 15.9 Å². The van der Waals surface area contributed by atoms with E-state index < -0.39 is 0 Å². The van der Waals surface area contributed by atoms with Crippen molar-refractivity contribution in [3.05, 3.63) is 15.9 Å². The largest absolute Gasteiger partial charge is 0.327 e. The van der Waals surface area contributed by atoms with Gasteiger partial charge in [-0.2, -0.15) is 5.10 Å². The molecule has 0 bridgehead atoms. The Hall–Kier alpha value is -0.350. The van der Waals surface area contributed by atoms with Crippen LogP contribution in [0.5, 0.6) is 0 Å². The average molecular weight is 286 g/mol. The van der Waals surface area contributed by atoms with Crippen molar-refractivity contribution < 1.29 is 0 Å². The number of halogens is 1. The summed E-state index contributed by atoms with van der Waals surface area (Å²) in [7, 11) is 1.99. The highest BCUT2D eigenvalue weighted by Gasteiger charge is 2.24. The highest BCUT2D eigenvalue weighted by atomic mass is 79.9. The van der Waals surface area contributed by atoms with E-state index in [-0.39, 0.29) is 6.04 Å². The molecule has 1 aliphatic carbocycles. The van der Waals surface area contributed by atoms with Gasteiger partial charge in [-0.3, -0.25) is 4.68 Å². The Bertz CT molecular complexity index is 367. The molecule has 1 aromatic heterocycles. The summed E-state index contributed by atoms with van der Waals surface area (Å²) >= 11 is 3.60. The summed E-state index contributed by atoms with van der Waals surface area (Å²) in [6, 6.07) is 0.286. The summed E-state index contributed by atoms with van der Waals surface area (Å²) in [5, 5.41) is 4.40. The minimum absolute atomic E-state index is 0.286. The van der Waals surface area contributed by atoms with Crippen LogP contribution in [0.2, 0.25) is 0 Å². The standard InChI is InChI=1S/C12H20BrN3/c1-8-12(13)11(16(2)15-8)7-10(14)9-5-3-4-6-9/h9-10H,3-7,14H2,1-2H3. The summed E-state index contributed by atoms with van der Waals surface area (Å²) in [5.74, 6) is 0.710. The number of hydrogen-bond donors (Lipinski definition) is 1. The SMILES string of the molecule is Cc1nn(C)c(CC(N)C2CCCC2)c1Br. The molecule has 4 heteroatoms. The van der Waals surface area contributed by atoms with Crippen LogP contribution in [0.3, 0.4) is 0 Å². The smallest absolute Gasteiger partial charge is 0.0738 e. The third-order valence-electron chi connectivity index (χ3n) is 3.70. The molecule has 3 nitrogen and oxygen atoms in total. The molecule has 0 saturated heterocycles. The molecule has 2 N–H and O–H groups in total. The lowest BCUT2D eigenvalue weighted by Gasteiger charge is -2.18. The van der Waals surface area contributed by atoms with Gasteiger partial charge in [-0.25, -0.2) is 0 Å². The fraction of sp³-hybridized carbons (Fsp3) is 0.750. The summed E-state index contributed by atoms with van der Waals surface area (Å²) < 4.78 is 3.08. The quantitative estimate of drug-likeness (QED) is 0.928. The topological polar surface area (TPSA) is 43.8 Å². The van der Waals surface area contributed by atoms with Crippen molar-refractivity contribution in [2.45, 2.75) is 45.1 Å². The molecule has 0 aliphatic heterocycles. The Morgan fingerprint density at radius 2 is 2.12 bits per heavy atom. The van der Waals surface area contributed by atoms with Crippen LogP contribution in [0, 0.1) is 12.8 Å². The minimum atomic E-state index is 0.286. The van der Waals surface area contributed by atoms with Gasteiger partial charge < -0.3 is 5.73 Å². The minimum Gasteiger partial charge on any atom is -0.327 e. The summed E-state index contributed by atoms with van der Waals surface area (Å²) in [6.45, 7) is 2.02. The van der Waals surface area contributed by atoms with Crippen LogP contribution in [0.4, 0.5) is 0 Å². The van der Waals surface area contributed by atoms with Crippen molar-refractivity contribution in [1.82, 2.24) is 9.78 Å².